The second-order valence-electron chi connectivity index (χ2n) is 7.95. The lowest BCUT2D eigenvalue weighted by Gasteiger charge is -2.36. The highest BCUT2D eigenvalue weighted by atomic mass is 35.5. The van der Waals surface area contributed by atoms with E-state index in [9.17, 15) is 9.59 Å². The van der Waals surface area contributed by atoms with Gasteiger partial charge >= 0.3 is 0 Å². The normalized spacial score (nSPS) is 17.5. The molecule has 0 unspecified atom stereocenters. The van der Waals surface area contributed by atoms with Gasteiger partial charge in [0.05, 0.1) is 16.6 Å². The maximum absolute atomic E-state index is 13.2. The maximum atomic E-state index is 13.2. The van der Waals surface area contributed by atoms with Gasteiger partial charge in [0, 0.05) is 23.8 Å². The quantitative estimate of drug-likeness (QED) is 0.746. The summed E-state index contributed by atoms with van der Waals surface area (Å²) in [5, 5.41) is 3.72. The fourth-order valence-corrected chi connectivity index (χ4v) is 4.60. The molecule has 2 aromatic rings. The largest absolute Gasteiger partial charge is 0.325 e. The van der Waals surface area contributed by atoms with Crippen molar-refractivity contribution in [3.63, 3.8) is 0 Å². The highest BCUT2D eigenvalue weighted by Crippen LogP contribution is 2.30. The van der Waals surface area contributed by atoms with Gasteiger partial charge in [0.1, 0.15) is 0 Å². The van der Waals surface area contributed by atoms with Crippen LogP contribution in [0.4, 0.5) is 11.4 Å². The minimum absolute atomic E-state index is 0.0190. The molecule has 1 N–H and O–H groups in total. The number of amides is 2. The number of carbonyl (C=O) groups excluding carboxylic acids is 2. The monoisotopic (exact) mass is 445 g/mol. The zero-order valence-electron chi connectivity index (χ0n) is 16.7. The van der Waals surface area contributed by atoms with E-state index in [1.807, 2.05) is 17.0 Å². The van der Waals surface area contributed by atoms with E-state index in [-0.39, 0.29) is 17.7 Å². The van der Waals surface area contributed by atoms with Gasteiger partial charge in [0.15, 0.2) is 0 Å². The van der Waals surface area contributed by atoms with Crippen molar-refractivity contribution in [2.45, 2.75) is 25.7 Å². The molecule has 2 aliphatic heterocycles. The van der Waals surface area contributed by atoms with Gasteiger partial charge in [-0.1, -0.05) is 41.4 Å². The lowest BCUT2D eigenvalue weighted by molar-refractivity contribution is -0.124. The Labute approximate surface area is 186 Å². The fraction of sp³-hybridized carbons (Fsp3) is 0.391. The molecule has 158 valence electrons. The Morgan fingerprint density at radius 1 is 1.00 bits per heavy atom. The molecule has 30 heavy (non-hydrogen) atoms. The van der Waals surface area contributed by atoms with Gasteiger partial charge in [-0.05, 0) is 68.6 Å². The van der Waals surface area contributed by atoms with E-state index in [1.54, 1.807) is 18.2 Å². The molecular weight excluding hydrogens is 421 g/mol. The lowest BCUT2D eigenvalue weighted by Crippen LogP contribution is -2.45. The van der Waals surface area contributed by atoms with E-state index < -0.39 is 0 Å². The number of hydrogen-bond acceptors (Lipinski definition) is 3. The van der Waals surface area contributed by atoms with Crippen LogP contribution in [0.2, 0.25) is 10.0 Å². The average molecular weight is 446 g/mol. The lowest BCUT2D eigenvalue weighted by atomic mass is 9.93. The summed E-state index contributed by atoms with van der Waals surface area (Å²) in [5.41, 5.74) is 2.95. The highest BCUT2D eigenvalue weighted by molar-refractivity contribution is 6.42. The minimum atomic E-state index is -0.0943. The molecule has 5 nitrogen and oxygen atoms in total. The van der Waals surface area contributed by atoms with Crippen LogP contribution in [0.15, 0.2) is 42.5 Å². The first kappa shape index (κ1) is 21.2. The smallest absolute Gasteiger partial charge is 0.238 e. The third kappa shape index (κ3) is 4.80. The fourth-order valence-electron chi connectivity index (χ4n) is 4.30. The molecule has 1 saturated heterocycles. The Hall–Kier alpha value is -2.08. The van der Waals surface area contributed by atoms with E-state index in [0.29, 0.717) is 22.3 Å². The summed E-state index contributed by atoms with van der Waals surface area (Å²) < 4.78 is 0. The Bertz CT molecular complexity index is 942. The Kier molecular flexibility index (Phi) is 6.61. The number of piperidine rings is 1. The number of para-hydroxylation sites is 1. The van der Waals surface area contributed by atoms with Crippen LogP contribution in [0.5, 0.6) is 0 Å². The number of nitrogens with zero attached hydrogens (tertiary/aromatic N) is 2. The minimum Gasteiger partial charge on any atom is -0.325 e. The van der Waals surface area contributed by atoms with Gasteiger partial charge in [0.2, 0.25) is 11.8 Å². The van der Waals surface area contributed by atoms with Gasteiger partial charge in [0.25, 0.3) is 0 Å². The zero-order chi connectivity index (χ0) is 21.1. The SMILES string of the molecule is O=C(CN1CCC(C(=O)N2CCCc3ccccc32)CC1)Nc1ccc(Cl)c(Cl)c1. The van der Waals surface area contributed by atoms with Crippen LogP contribution < -0.4 is 10.2 Å². The number of anilines is 2. The summed E-state index contributed by atoms with van der Waals surface area (Å²) >= 11 is 11.9. The molecule has 0 aliphatic carbocycles. The van der Waals surface area contributed by atoms with Gasteiger partial charge in [-0.15, -0.1) is 0 Å². The first-order chi connectivity index (χ1) is 14.5. The van der Waals surface area contributed by atoms with E-state index in [1.165, 1.54) is 5.56 Å². The number of hydrogen-bond donors (Lipinski definition) is 1. The molecule has 4 rings (SSSR count). The molecule has 0 aromatic heterocycles. The zero-order valence-corrected chi connectivity index (χ0v) is 18.3. The molecule has 0 radical (unpaired) electrons. The summed E-state index contributed by atoms with van der Waals surface area (Å²) in [4.78, 5) is 29.6. The number of nitrogens with one attached hydrogen (secondary N) is 1. The summed E-state index contributed by atoms with van der Waals surface area (Å²) in [7, 11) is 0. The molecule has 2 heterocycles. The van der Waals surface area contributed by atoms with Gasteiger partial charge in [-0.25, -0.2) is 0 Å². The van der Waals surface area contributed by atoms with Crippen LogP contribution in [-0.2, 0) is 16.0 Å². The van der Waals surface area contributed by atoms with Crippen LogP contribution in [0.1, 0.15) is 24.8 Å². The number of halogens is 2. The standard InChI is InChI=1S/C23H25Cl2N3O2/c24-19-8-7-18(14-20(19)25)26-22(29)15-27-12-9-17(10-13-27)23(30)28-11-3-5-16-4-1-2-6-21(16)28/h1-2,4,6-8,14,17H,3,5,9-13,15H2,(H,26,29). The van der Waals surface area contributed by atoms with Crippen molar-refractivity contribution in [2.75, 3.05) is 36.4 Å². The molecular formula is C23H25Cl2N3O2. The molecule has 7 heteroatoms. The molecule has 1 fully saturated rings. The second-order valence-corrected chi connectivity index (χ2v) is 8.76. The van der Waals surface area contributed by atoms with E-state index in [2.05, 4.69) is 22.3 Å². The third-order valence-corrected chi connectivity index (χ3v) is 6.62. The summed E-state index contributed by atoms with van der Waals surface area (Å²) in [6.45, 7) is 2.57. The van der Waals surface area contributed by atoms with Crippen LogP contribution in [-0.4, -0.2) is 42.9 Å². The first-order valence-electron chi connectivity index (χ1n) is 10.4. The predicted molar refractivity (Wildman–Crippen MR) is 121 cm³/mol. The van der Waals surface area contributed by atoms with Crippen molar-refractivity contribution in [3.05, 3.63) is 58.1 Å². The van der Waals surface area contributed by atoms with Crippen LogP contribution in [0, 0.1) is 5.92 Å². The Balaban J connectivity index is 1.29. The summed E-state index contributed by atoms with van der Waals surface area (Å²) in [6.07, 6.45) is 3.60. The Morgan fingerprint density at radius 2 is 1.77 bits per heavy atom. The molecule has 0 atom stereocenters. The topological polar surface area (TPSA) is 52.7 Å². The second kappa shape index (κ2) is 9.38. The van der Waals surface area contributed by atoms with Crippen molar-refractivity contribution < 1.29 is 9.59 Å². The number of likely N-dealkylation sites (tertiary alicyclic amines) is 1. The predicted octanol–water partition coefficient (Wildman–Crippen LogP) is 4.62. The van der Waals surface area contributed by atoms with Gasteiger partial charge in [-0.3, -0.25) is 14.5 Å². The van der Waals surface area contributed by atoms with Gasteiger partial charge < -0.3 is 10.2 Å². The molecule has 0 spiro atoms. The van der Waals surface area contributed by atoms with E-state index >= 15 is 0 Å². The molecule has 2 aromatic carbocycles. The number of benzene rings is 2. The van der Waals surface area contributed by atoms with Crippen LogP contribution >= 0.6 is 23.2 Å². The molecule has 0 saturated carbocycles. The Morgan fingerprint density at radius 3 is 2.53 bits per heavy atom. The van der Waals surface area contributed by atoms with Crippen molar-refractivity contribution in [1.29, 1.82) is 0 Å². The third-order valence-electron chi connectivity index (χ3n) is 5.88. The number of aryl methyl sites for hydroxylation is 1. The molecule has 2 amide bonds. The van der Waals surface area contributed by atoms with Crippen LogP contribution in [0.3, 0.4) is 0 Å². The summed E-state index contributed by atoms with van der Waals surface area (Å²) in [6, 6.07) is 13.2. The maximum Gasteiger partial charge on any atom is 0.238 e. The van der Waals surface area contributed by atoms with Crippen molar-refractivity contribution in [3.8, 4) is 0 Å². The van der Waals surface area contributed by atoms with Crippen LogP contribution in [0.25, 0.3) is 0 Å². The first-order valence-corrected chi connectivity index (χ1v) is 11.1. The van der Waals surface area contributed by atoms with Crippen molar-refractivity contribution >= 4 is 46.4 Å². The number of rotatable bonds is 4. The number of fused-ring (bicyclic) bond motifs is 1. The molecule has 2 aliphatic rings. The summed E-state index contributed by atoms with van der Waals surface area (Å²) in [5.74, 6) is 0.149. The van der Waals surface area contributed by atoms with Crippen molar-refractivity contribution in [1.82, 2.24) is 4.90 Å². The average Bonchev–Trinajstić information content (AvgIpc) is 2.76. The van der Waals surface area contributed by atoms with Gasteiger partial charge in [-0.2, -0.15) is 0 Å². The van der Waals surface area contributed by atoms with Crippen molar-refractivity contribution in [2.24, 2.45) is 5.92 Å². The molecule has 0 bridgehead atoms. The van der Waals surface area contributed by atoms with E-state index in [0.717, 1.165) is 51.0 Å². The van der Waals surface area contributed by atoms with E-state index in [4.69, 9.17) is 23.2 Å². The number of carbonyl (C=O) groups is 2. The highest BCUT2D eigenvalue weighted by Gasteiger charge is 2.31.